The second-order valence-corrected chi connectivity index (χ2v) is 8.75. The van der Waals surface area contributed by atoms with Crippen LogP contribution >= 0.6 is 0 Å². The van der Waals surface area contributed by atoms with Gasteiger partial charge in [0.1, 0.15) is 0 Å². The number of hydrogen-bond acceptors (Lipinski definition) is 3. The number of fused-ring (bicyclic) bond motifs is 2. The fourth-order valence-electron chi connectivity index (χ4n) is 5.19. The Bertz CT molecular complexity index is 1120. The van der Waals surface area contributed by atoms with Crippen LogP contribution in [0.5, 0.6) is 0 Å². The minimum absolute atomic E-state index is 0.0184. The van der Waals surface area contributed by atoms with E-state index in [9.17, 15) is 13.6 Å². The van der Waals surface area contributed by atoms with Gasteiger partial charge in [-0.25, -0.2) is 8.78 Å². The number of likely N-dealkylation sites (tertiary alicyclic amines) is 1. The molecule has 1 aliphatic carbocycles. The lowest BCUT2D eigenvalue weighted by Gasteiger charge is -2.35. The molecule has 5 rings (SSSR count). The van der Waals surface area contributed by atoms with Crippen molar-refractivity contribution < 1.29 is 13.6 Å². The third-order valence-electron chi connectivity index (χ3n) is 6.90. The van der Waals surface area contributed by atoms with E-state index in [4.69, 9.17) is 0 Å². The largest absolute Gasteiger partial charge is 0.341 e. The fourth-order valence-corrected chi connectivity index (χ4v) is 5.19. The number of amides is 1. The molecule has 0 N–H and O–H groups in total. The van der Waals surface area contributed by atoms with Crippen LogP contribution < -0.4 is 4.90 Å². The summed E-state index contributed by atoms with van der Waals surface area (Å²) in [5.74, 6) is 0.330. The molecule has 7 heteroatoms. The molecule has 0 spiro atoms. The highest BCUT2D eigenvalue weighted by Crippen LogP contribution is 2.43. The first-order chi connectivity index (χ1) is 14.8. The third-order valence-corrected chi connectivity index (χ3v) is 6.90. The quantitative estimate of drug-likeness (QED) is 0.719. The molecule has 1 fully saturated rings. The van der Waals surface area contributed by atoms with Gasteiger partial charge in [-0.15, -0.1) is 0 Å². The molecule has 2 atom stereocenters. The number of nitrogens with zero attached hydrogens (tertiary/aromatic N) is 4. The van der Waals surface area contributed by atoms with E-state index < -0.39 is 6.43 Å². The first-order valence-corrected chi connectivity index (χ1v) is 10.8. The van der Waals surface area contributed by atoms with Crippen LogP contribution in [0.4, 0.5) is 14.5 Å². The van der Waals surface area contributed by atoms with Crippen molar-refractivity contribution in [2.24, 2.45) is 18.9 Å². The second kappa shape index (κ2) is 7.32. The molecular weight excluding hydrogens is 398 g/mol. The van der Waals surface area contributed by atoms with E-state index >= 15 is 0 Å². The molecule has 0 bridgehead atoms. The molecule has 31 heavy (non-hydrogen) atoms. The molecule has 162 valence electrons. The number of rotatable bonds is 3. The predicted molar refractivity (Wildman–Crippen MR) is 115 cm³/mol. The summed E-state index contributed by atoms with van der Waals surface area (Å²) >= 11 is 0. The van der Waals surface area contributed by atoms with Crippen LogP contribution in [-0.4, -0.2) is 34.2 Å². The maximum absolute atomic E-state index is 14.1. The van der Waals surface area contributed by atoms with Gasteiger partial charge in [0.05, 0.1) is 6.20 Å². The van der Waals surface area contributed by atoms with Gasteiger partial charge in [0.15, 0.2) is 0 Å². The van der Waals surface area contributed by atoms with Gasteiger partial charge in [-0.1, -0.05) is 13.0 Å². The van der Waals surface area contributed by atoms with Crippen LogP contribution in [-0.2, 0) is 18.3 Å². The van der Waals surface area contributed by atoms with Crippen LogP contribution in [0.1, 0.15) is 37.3 Å². The minimum atomic E-state index is -2.58. The van der Waals surface area contributed by atoms with Crippen molar-refractivity contribution in [2.75, 3.05) is 18.5 Å². The van der Waals surface area contributed by atoms with Crippen molar-refractivity contribution >= 4 is 11.6 Å². The summed E-state index contributed by atoms with van der Waals surface area (Å²) in [6.07, 6.45) is 7.65. The maximum atomic E-state index is 14.1. The van der Waals surface area contributed by atoms with Crippen molar-refractivity contribution in [1.82, 2.24) is 14.7 Å². The number of benzene rings is 1. The number of allylic oxidation sites excluding steroid dienone is 3. The summed E-state index contributed by atoms with van der Waals surface area (Å²) in [5.41, 5.74) is 5.23. The molecular formula is C24H26F2N4O. The summed E-state index contributed by atoms with van der Waals surface area (Å²) in [5, 5.41) is 4.16. The Morgan fingerprint density at radius 2 is 2.03 bits per heavy atom. The smallest absolute Gasteiger partial charge is 0.264 e. The summed E-state index contributed by atoms with van der Waals surface area (Å²) in [7, 11) is 3.61. The highest BCUT2D eigenvalue weighted by molar-refractivity contribution is 5.85. The Hall–Kier alpha value is -2.96. The van der Waals surface area contributed by atoms with Crippen LogP contribution in [0.3, 0.4) is 0 Å². The predicted octanol–water partition coefficient (Wildman–Crippen LogP) is 4.67. The van der Waals surface area contributed by atoms with Crippen molar-refractivity contribution in [2.45, 2.75) is 32.6 Å². The molecule has 3 aliphatic rings. The van der Waals surface area contributed by atoms with Crippen molar-refractivity contribution in [3.8, 4) is 11.1 Å². The Labute approximate surface area is 180 Å². The zero-order valence-corrected chi connectivity index (χ0v) is 18.0. The zero-order chi connectivity index (χ0) is 21.9. The maximum Gasteiger partial charge on any atom is 0.264 e. The Balaban J connectivity index is 1.57. The van der Waals surface area contributed by atoms with E-state index in [0.29, 0.717) is 11.1 Å². The number of alkyl halides is 2. The molecule has 1 aromatic carbocycles. The van der Waals surface area contributed by atoms with Crippen LogP contribution in [0.15, 0.2) is 48.1 Å². The van der Waals surface area contributed by atoms with Gasteiger partial charge in [0, 0.05) is 66.9 Å². The van der Waals surface area contributed by atoms with Crippen molar-refractivity contribution in [3.63, 3.8) is 0 Å². The summed E-state index contributed by atoms with van der Waals surface area (Å²) < 4.78 is 29.7. The van der Waals surface area contributed by atoms with Crippen molar-refractivity contribution in [3.05, 3.63) is 59.2 Å². The van der Waals surface area contributed by atoms with Gasteiger partial charge in [0.25, 0.3) is 6.43 Å². The van der Waals surface area contributed by atoms with Gasteiger partial charge < -0.3 is 9.80 Å². The standard InChI is InChI=1S/C24H26F2N4O/c1-14-18-7-6-17(10-22(18)29(3)24(14)31)30-8-4-5-15-9-19(16-12-27-28(2)13-16)20(23(25)26)11-21(15)30/h6,9-14,18,23H,4-5,7-8H2,1-3H3. The number of carbonyl (C=O) groups is 1. The molecule has 0 radical (unpaired) electrons. The van der Waals surface area contributed by atoms with Crippen LogP contribution in [0, 0.1) is 11.8 Å². The fraction of sp³-hybridized carbons (Fsp3) is 0.417. The highest BCUT2D eigenvalue weighted by Gasteiger charge is 2.41. The average molecular weight is 424 g/mol. The first-order valence-electron chi connectivity index (χ1n) is 10.8. The third kappa shape index (κ3) is 3.18. The first kappa shape index (κ1) is 20.0. The van der Waals surface area contributed by atoms with E-state index in [1.54, 1.807) is 35.1 Å². The number of aromatic nitrogens is 2. The second-order valence-electron chi connectivity index (χ2n) is 8.75. The molecule has 1 saturated heterocycles. The molecule has 3 heterocycles. The highest BCUT2D eigenvalue weighted by atomic mass is 19.3. The minimum Gasteiger partial charge on any atom is -0.341 e. The lowest BCUT2D eigenvalue weighted by molar-refractivity contribution is -0.129. The van der Waals surface area contributed by atoms with Gasteiger partial charge in [-0.3, -0.25) is 9.48 Å². The molecule has 2 unspecified atom stereocenters. The Morgan fingerprint density at radius 3 is 2.74 bits per heavy atom. The molecule has 1 aromatic heterocycles. The summed E-state index contributed by atoms with van der Waals surface area (Å²) in [4.78, 5) is 16.3. The van der Waals surface area contributed by atoms with Crippen LogP contribution in [0.2, 0.25) is 0 Å². The lowest BCUT2D eigenvalue weighted by Crippen LogP contribution is -2.30. The van der Waals surface area contributed by atoms with Gasteiger partial charge in [-0.2, -0.15) is 5.10 Å². The topological polar surface area (TPSA) is 41.4 Å². The van der Waals surface area contributed by atoms with E-state index in [1.807, 2.05) is 20.0 Å². The number of carbonyl (C=O) groups excluding carboxylic acids is 1. The zero-order valence-electron chi connectivity index (χ0n) is 18.0. The Kier molecular flexibility index (Phi) is 4.72. The monoisotopic (exact) mass is 424 g/mol. The number of anilines is 1. The molecule has 0 saturated carbocycles. The summed E-state index contributed by atoms with van der Waals surface area (Å²) in [6, 6.07) is 3.56. The van der Waals surface area contributed by atoms with Crippen molar-refractivity contribution in [1.29, 1.82) is 0 Å². The lowest BCUT2D eigenvalue weighted by atomic mass is 9.87. The number of halogens is 2. The number of aryl methyl sites for hydroxylation is 2. The van der Waals surface area contributed by atoms with E-state index in [2.05, 4.69) is 22.2 Å². The SMILES string of the molecule is CC1C(=O)N(C)C2=CC(N3CCCc4cc(-c5cnn(C)c5)c(C(F)F)cc43)=CCC21. The van der Waals surface area contributed by atoms with Crippen LogP contribution in [0.25, 0.3) is 11.1 Å². The molecule has 5 nitrogen and oxygen atoms in total. The number of hydrogen-bond donors (Lipinski definition) is 0. The molecule has 1 amide bonds. The molecule has 2 aromatic rings. The molecule has 2 aliphatic heterocycles. The van der Waals surface area contributed by atoms with Gasteiger partial charge in [-0.05, 0) is 48.6 Å². The van der Waals surface area contributed by atoms with E-state index in [-0.39, 0.29) is 23.3 Å². The Morgan fingerprint density at radius 1 is 1.23 bits per heavy atom. The van der Waals surface area contributed by atoms with E-state index in [0.717, 1.165) is 48.5 Å². The van der Waals surface area contributed by atoms with E-state index in [1.165, 1.54) is 0 Å². The summed E-state index contributed by atoms with van der Waals surface area (Å²) in [6.45, 7) is 2.75. The average Bonchev–Trinajstić information content (AvgIpc) is 3.29. The van der Waals surface area contributed by atoms with Gasteiger partial charge >= 0.3 is 0 Å². The normalized spacial score (nSPS) is 23.1. The van der Waals surface area contributed by atoms with Gasteiger partial charge in [0.2, 0.25) is 5.91 Å².